The van der Waals surface area contributed by atoms with Gasteiger partial charge in [-0.1, -0.05) is 0 Å². The Morgan fingerprint density at radius 3 is 3.00 bits per heavy atom. The molecule has 3 aromatic rings. The molecule has 3 aromatic heterocycles. The molecule has 24 heavy (non-hydrogen) atoms. The Labute approximate surface area is 140 Å². The number of carbonyl (C=O) groups is 1. The van der Waals surface area contributed by atoms with Crippen molar-refractivity contribution in [1.82, 2.24) is 24.1 Å². The topological polar surface area (TPSA) is 92.7 Å². The Kier molecular flexibility index (Phi) is 3.47. The highest BCUT2D eigenvalue weighted by molar-refractivity contribution is 7.15. The van der Waals surface area contributed by atoms with Gasteiger partial charge in [0.2, 0.25) is 0 Å². The number of hydrogen-bond acceptors (Lipinski definition) is 6. The van der Waals surface area contributed by atoms with E-state index < -0.39 is 11.7 Å². The van der Waals surface area contributed by atoms with Crippen LogP contribution in [0.5, 0.6) is 0 Å². The lowest BCUT2D eigenvalue weighted by Gasteiger charge is -2.27. The lowest BCUT2D eigenvalue weighted by Crippen LogP contribution is -2.39. The lowest BCUT2D eigenvalue weighted by atomic mass is 10.2. The molecule has 0 saturated carbocycles. The fraction of sp³-hybridized carbons (Fsp3) is 0.333. The number of aliphatic hydroxyl groups is 1. The Morgan fingerprint density at radius 1 is 1.38 bits per heavy atom. The van der Waals surface area contributed by atoms with E-state index in [4.69, 9.17) is 0 Å². The van der Waals surface area contributed by atoms with Crippen LogP contribution in [0.2, 0.25) is 0 Å². The number of amides is 1. The van der Waals surface area contributed by atoms with Crippen LogP contribution < -0.4 is 5.56 Å². The van der Waals surface area contributed by atoms with Gasteiger partial charge in [-0.25, -0.2) is 0 Å². The average Bonchev–Trinajstić information content (AvgIpc) is 3.18. The smallest absolute Gasteiger partial charge is 0.274 e. The minimum Gasteiger partial charge on any atom is -0.387 e. The van der Waals surface area contributed by atoms with E-state index >= 15 is 0 Å². The van der Waals surface area contributed by atoms with Gasteiger partial charge in [-0.2, -0.15) is 10.1 Å². The maximum absolute atomic E-state index is 12.9. The van der Waals surface area contributed by atoms with E-state index in [-0.39, 0.29) is 5.91 Å². The fourth-order valence-corrected chi connectivity index (χ4v) is 3.56. The van der Waals surface area contributed by atoms with Gasteiger partial charge in [0.15, 0.2) is 4.96 Å². The Morgan fingerprint density at radius 2 is 2.21 bits per heavy atom. The second-order valence-electron chi connectivity index (χ2n) is 5.72. The van der Waals surface area contributed by atoms with Gasteiger partial charge < -0.3 is 10.0 Å². The molecule has 0 saturated heterocycles. The standard InChI is InChI=1S/C15H15N5O3S/c1-9(21)11-6-10-8-18(2-3-20(10)17-11)14(23)12-7-13(22)16-15-19(12)4-5-24-15/h4-7,9,21H,2-3,8H2,1H3/t9-/m1/s1. The van der Waals surface area contributed by atoms with Crippen molar-refractivity contribution in [2.45, 2.75) is 26.1 Å². The van der Waals surface area contributed by atoms with Crippen molar-refractivity contribution in [2.24, 2.45) is 0 Å². The van der Waals surface area contributed by atoms with Gasteiger partial charge in [0.1, 0.15) is 5.69 Å². The summed E-state index contributed by atoms with van der Waals surface area (Å²) in [4.78, 5) is 30.7. The maximum Gasteiger partial charge on any atom is 0.274 e. The predicted molar refractivity (Wildman–Crippen MR) is 86.9 cm³/mol. The van der Waals surface area contributed by atoms with Gasteiger partial charge in [-0.05, 0) is 13.0 Å². The molecule has 0 spiro atoms. The Bertz CT molecular complexity index is 987. The third-order valence-corrected chi connectivity index (χ3v) is 4.82. The van der Waals surface area contributed by atoms with Crippen LogP contribution in [0.15, 0.2) is 28.5 Å². The van der Waals surface area contributed by atoms with Crippen molar-refractivity contribution in [2.75, 3.05) is 6.54 Å². The summed E-state index contributed by atoms with van der Waals surface area (Å²) in [6, 6.07) is 3.08. The van der Waals surface area contributed by atoms with Crippen LogP contribution in [0.1, 0.15) is 34.9 Å². The number of carbonyl (C=O) groups excluding carboxylic acids is 1. The van der Waals surface area contributed by atoms with Gasteiger partial charge >= 0.3 is 0 Å². The van der Waals surface area contributed by atoms with Crippen molar-refractivity contribution >= 4 is 22.2 Å². The summed E-state index contributed by atoms with van der Waals surface area (Å²) in [7, 11) is 0. The molecule has 124 valence electrons. The molecule has 1 atom stereocenters. The van der Waals surface area contributed by atoms with Gasteiger partial charge in [-0.15, -0.1) is 11.3 Å². The SMILES string of the molecule is C[C@@H](O)c1cc2n(n1)CCN(C(=O)c1cc(=O)nc3sccn13)C2. The van der Waals surface area contributed by atoms with Crippen LogP contribution in [0, 0.1) is 0 Å². The highest BCUT2D eigenvalue weighted by Crippen LogP contribution is 2.20. The van der Waals surface area contributed by atoms with Crippen LogP contribution in [-0.2, 0) is 13.1 Å². The lowest BCUT2D eigenvalue weighted by molar-refractivity contribution is 0.0698. The van der Waals surface area contributed by atoms with E-state index in [1.54, 1.807) is 27.8 Å². The van der Waals surface area contributed by atoms with Crippen molar-refractivity contribution in [3.63, 3.8) is 0 Å². The zero-order valence-corrected chi connectivity index (χ0v) is 13.7. The molecule has 9 heteroatoms. The molecule has 0 fully saturated rings. The maximum atomic E-state index is 12.9. The first-order chi connectivity index (χ1) is 11.5. The van der Waals surface area contributed by atoms with E-state index in [1.807, 2.05) is 10.7 Å². The summed E-state index contributed by atoms with van der Waals surface area (Å²) in [6.07, 6.45) is 1.09. The molecular formula is C15H15N5O3S. The normalized spacial score (nSPS) is 15.5. The predicted octanol–water partition coefficient (Wildman–Crippen LogP) is 0.662. The van der Waals surface area contributed by atoms with Crippen molar-refractivity contribution in [1.29, 1.82) is 0 Å². The summed E-state index contributed by atoms with van der Waals surface area (Å²) < 4.78 is 3.45. The minimum absolute atomic E-state index is 0.214. The first-order valence-electron chi connectivity index (χ1n) is 7.54. The highest BCUT2D eigenvalue weighted by Gasteiger charge is 2.25. The molecule has 1 amide bonds. The van der Waals surface area contributed by atoms with Crippen LogP contribution in [0.25, 0.3) is 4.96 Å². The molecule has 4 heterocycles. The number of nitrogens with zero attached hydrogens (tertiary/aromatic N) is 5. The van der Waals surface area contributed by atoms with E-state index in [2.05, 4.69) is 10.1 Å². The molecule has 4 rings (SSSR count). The minimum atomic E-state index is -0.642. The van der Waals surface area contributed by atoms with Crippen molar-refractivity contribution < 1.29 is 9.90 Å². The summed E-state index contributed by atoms with van der Waals surface area (Å²) in [5.74, 6) is -0.214. The van der Waals surface area contributed by atoms with Gasteiger partial charge in [0.25, 0.3) is 11.5 Å². The van der Waals surface area contributed by atoms with Crippen LogP contribution in [0.3, 0.4) is 0 Å². The van der Waals surface area contributed by atoms with Crippen LogP contribution in [0.4, 0.5) is 0 Å². The average molecular weight is 345 g/mol. The second-order valence-corrected chi connectivity index (χ2v) is 6.59. The van der Waals surface area contributed by atoms with Crippen LogP contribution in [-0.4, -0.2) is 41.6 Å². The number of thiazole rings is 1. The zero-order chi connectivity index (χ0) is 16.8. The summed E-state index contributed by atoms with van der Waals surface area (Å²) in [5.41, 5.74) is 1.36. The highest BCUT2D eigenvalue weighted by atomic mass is 32.1. The molecule has 0 unspecified atom stereocenters. The number of fused-ring (bicyclic) bond motifs is 2. The summed E-state index contributed by atoms with van der Waals surface area (Å²) in [6.45, 7) is 3.10. The van der Waals surface area contributed by atoms with Crippen molar-refractivity contribution in [3.05, 3.63) is 51.1 Å². The molecule has 0 radical (unpaired) electrons. The number of hydrogen-bond donors (Lipinski definition) is 1. The second kappa shape index (κ2) is 5.53. The number of aliphatic hydroxyl groups excluding tert-OH is 1. The molecule has 1 aliphatic heterocycles. The van der Waals surface area contributed by atoms with E-state index in [1.165, 1.54) is 17.4 Å². The summed E-state index contributed by atoms with van der Waals surface area (Å²) >= 11 is 1.31. The monoisotopic (exact) mass is 345 g/mol. The number of aromatic nitrogens is 4. The third kappa shape index (κ3) is 2.42. The zero-order valence-electron chi connectivity index (χ0n) is 12.9. The van der Waals surface area contributed by atoms with Gasteiger partial charge in [0.05, 0.1) is 30.6 Å². The molecular weight excluding hydrogens is 330 g/mol. The number of rotatable bonds is 2. The van der Waals surface area contributed by atoms with E-state index in [0.29, 0.717) is 36.0 Å². The third-order valence-electron chi connectivity index (χ3n) is 4.07. The van der Waals surface area contributed by atoms with Gasteiger partial charge in [0, 0.05) is 24.2 Å². The first kappa shape index (κ1) is 15.0. The van der Waals surface area contributed by atoms with E-state index in [0.717, 1.165) is 5.69 Å². The Hall–Kier alpha value is -2.52. The fourth-order valence-electron chi connectivity index (χ4n) is 2.84. The first-order valence-corrected chi connectivity index (χ1v) is 8.42. The quantitative estimate of drug-likeness (QED) is 0.737. The molecule has 1 N–H and O–H groups in total. The largest absolute Gasteiger partial charge is 0.387 e. The van der Waals surface area contributed by atoms with Crippen molar-refractivity contribution in [3.8, 4) is 0 Å². The Balaban J connectivity index is 1.67. The molecule has 1 aliphatic rings. The van der Waals surface area contributed by atoms with Crippen LogP contribution >= 0.6 is 11.3 Å². The molecule has 0 aliphatic carbocycles. The van der Waals surface area contributed by atoms with E-state index in [9.17, 15) is 14.7 Å². The molecule has 0 bridgehead atoms. The summed E-state index contributed by atoms with van der Waals surface area (Å²) in [5, 5.41) is 15.8. The van der Waals surface area contributed by atoms with Gasteiger partial charge in [-0.3, -0.25) is 18.7 Å². The molecule has 0 aromatic carbocycles. The molecule has 8 nitrogen and oxygen atoms in total.